The van der Waals surface area contributed by atoms with Crippen LogP contribution in [0.4, 0.5) is 0 Å². The van der Waals surface area contributed by atoms with E-state index >= 15 is 0 Å². The molecule has 0 spiro atoms. The predicted octanol–water partition coefficient (Wildman–Crippen LogP) is 4.57. The maximum atomic E-state index is 4.98. The highest BCUT2D eigenvalue weighted by atomic mass is 32.2. The smallest absolute Gasteiger partial charge is 0.187 e. The summed E-state index contributed by atoms with van der Waals surface area (Å²) in [5.74, 6) is 0.485. The Morgan fingerprint density at radius 3 is 2.76 bits per heavy atom. The molecule has 5 heteroatoms. The van der Waals surface area contributed by atoms with Crippen LogP contribution in [0.5, 0.6) is 0 Å². The first-order chi connectivity index (χ1) is 10.2. The van der Waals surface area contributed by atoms with Crippen LogP contribution in [0.1, 0.15) is 43.0 Å². The van der Waals surface area contributed by atoms with Gasteiger partial charge in [0.05, 0.1) is 10.2 Å². The van der Waals surface area contributed by atoms with Crippen LogP contribution in [0.25, 0.3) is 20.4 Å². The van der Waals surface area contributed by atoms with Gasteiger partial charge in [0.25, 0.3) is 0 Å². The lowest BCUT2D eigenvalue weighted by atomic mass is 9.99. The van der Waals surface area contributed by atoms with Gasteiger partial charge in [-0.3, -0.25) is 0 Å². The van der Waals surface area contributed by atoms with Crippen molar-refractivity contribution < 1.29 is 0 Å². The molecule has 108 valence electrons. The van der Waals surface area contributed by atoms with Crippen LogP contribution < -0.4 is 0 Å². The summed E-state index contributed by atoms with van der Waals surface area (Å²) in [7, 11) is 0. The van der Waals surface area contributed by atoms with Gasteiger partial charge in [0.15, 0.2) is 5.16 Å². The van der Waals surface area contributed by atoms with Crippen molar-refractivity contribution in [2.45, 2.75) is 44.2 Å². The number of rotatable bonds is 2. The second-order valence-corrected chi connectivity index (χ2v) is 7.62. The van der Waals surface area contributed by atoms with Gasteiger partial charge in [0.2, 0.25) is 0 Å². The molecule has 1 aliphatic carbocycles. The van der Waals surface area contributed by atoms with Gasteiger partial charge in [-0.1, -0.05) is 25.6 Å². The third-order valence-corrected chi connectivity index (χ3v) is 5.74. The molecule has 1 aliphatic rings. The number of nitrogens with zero attached hydrogens (tertiary/aromatic N) is 3. The molecule has 21 heavy (non-hydrogen) atoms. The summed E-state index contributed by atoms with van der Waals surface area (Å²) in [6, 6.07) is 0. The van der Waals surface area contributed by atoms with Crippen molar-refractivity contribution in [2.75, 3.05) is 6.26 Å². The Balaban J connectivity index is 2.13. The Kier molecular flexibility index (Phi) is 3.15. The average Bonchev–Trinajstić information content (AvgIpc) is 3.08. The number of hydrogen-bond donors (Lipinski definition) is 0. The SMILES string of the molecule is CSc1ncc2sc3nc(C(C)C)c4c(c3c2n1)CCC4. The molecular weight excluding hydrogens is 298 g/mol. The molecule has 0 N–H and O–H groups in total. The molecule has 0 saturated carbocycles. The molecule has 3 aromatic heterocycles. The van der Waals surface area contributed by atoms with E-state index in [0.717, 1.165) is 20.2 Å². The van der Waals surface area contributed by atoms with E-state index in [1.54, 1.807) is 23.1 Å². The summed E-state index contributed by atoms with van der Waals surface area (Å²) >= 11 is 3.33. The first-order valence-corrected chi connectivity index (χ1v) is 9.38. The zero-order chi connectivity index (χ0) is 14.6. The molecule has 0 atom stereocenters. The van der Waals surface area contributed by atoms with Crippen molar-refractivity contribution >= 4 is 43.5 Å². The quantitative estimate of drug-likeness (QED) is 0.513. The minimum absolute atomic E-state index is 0.485. The standard InChI is InChI=1S/C16H17N3S2/c1-8(2)13-10-6-4-5-9(10)12-14-11(21-15(12)18-13)7-17-16(19-14)20-3/h7-8H,4-6H2,1-3H3. The normalized spacial score (nSPS) is 14.5. The highest BCUT2D eigenvalue weighted by Crippen LogP contribution is 2.40. The van der Waals surface area contributed by atoms with Crippen LogP contribution in [0.3, 0.4) is 0 Å². The van der Waals surface area contributed by atoms with Gasteiger partial charge in [0.1, 0.15) is 4.83 Å². The first kappa shape index (κ1) is 13.5. The van der Waals surface area contributed by atoms with E-state index in [1.807, 2.05) is 12.5 Å². The zero-order valence-electron chi connectivity index (χ0n) is 12.4. The van der Waals surface area contributed by atoms with Crippen LogP contribution in [0.15, 0.2) is 11.4 Å². The van der Waals surface area contributed by atoms with E-state index in [1.165, 1.54) is 41.5 Å². The number of thioether (sulfide) groups is 1. The molecule has 0 amide bonds. The number of aromatic nitrogens is 3. The Hall–Kier alpha value is -1.20. The Labute approximate surface area is 132 Å². The molecule has 3 nitrogen and oxygen atoms in total. The van der Waals surface area contributed by atoms with E-state index in [9.17, 15) is 0 Å². The van der Waals surface area contributed by atoms with Crippen LogP contribution in [0.2, 0.25) is 0 Å². The van der Waals surface area contributed by atoms with E-state index in [2.05, 4.69) is 18.8 Å². The topological polar surface area (TPSA) is 38.7 Å². The molecule has 4 rings (SSSR count). The number of thiophene rings is 1. The summed E-state index contributed by atoms with van der Waals surface area (Å²) in [6.07, 6.45) is 7.56. The summed E-state index contributed by atoms with van der Waals surface area (Å²) in [6.45, 7) is 4.48. The minimum atomic E-state index is 0.485. The molecule has 0 radical (unpaired) electrons. The number of pyridine rings is 1. The number of aryl methyl sites for hydroxylation is 1. The van der Waals surface area contributed by atoms with Crippen LogP contribution >= 0.6 is 23.1 Å². The van der Waals surface area contributed by atoms with Crippen LogP contribution in [0, 0.1) is 0 Å². The van der Waals surface area contributed by atoms with Crippen molar-refractivity contribution in [3.8, 4) is 0 Å². The number of hydrogen-bond acceptors (Lipinski definition) is 5. The maximum absolute atomic E-state index is 4.98. The lowest BCUT2D eigenvalue weighted by Gasteiger charge is -2.11. The van der Waals surface area contributed by atoms with Gasteiger partial charge in [-0.15, -0.1) is 11.3 Å². The van der Waals surface area contributed by atoms with Gasteiger partial charge in [-0.2, -0.15) is 0 Å². The summed E-state index contributed by atoms with van der Waals surface area (Å²) < 4.78 is 1.16. The molecule has 0 aromatic carbocycles. The lowest BCUT2D eigenvalue weighted by molar-refractivity contribution is 0.805. The molecule has 0 bridgehead atoms. The fraction of sp³-hybridized carbons (Fsp3) is 0.438. The Morgan fingerprint density at radius 2 is 2.00 bits per heavy atom. The van der Waals surface area contributed by atoms with Crippen molar-refractivity contribution in [3.63, 3.8) is 0 Å². The second-order valence-electron chi connectivity index (χ2n) is 5.81. The van der Waals surface area contributed by atoms with Crippen LogP contribution in [-0.2, 0) is 12.8 Å². The molecule has 0 aliphatic heterocycles. The molecular formula is C16H17N3S2. The van der Waals surface area contributed by atoms with Crippen molar-refractivity contribution in [3.05, 3.63) is 23.0 Å². The first-order valence-electron chi connectivity index (χ1n) is 7.34. The van der Waals surface area contributed by atoms with Crippen molar-refractivity contribution in [1.82, 2.24) is 15.0 Å². The highest BCUT2D eigenvalue weighted by molar-refractivity contribution is 7.98. The van der Waals surface area contributed by atoms with Crippen LogP contribution in [-0.4, -0.2) is 21.2 Å². The summed E-state index contributed by atoms with van der Waals surface area (Å²) in [5, 5.41) is 2.14. The molecule has 0 fully saturated rings. The fourth-order valence-corrected chi connectivity index (χ4v) is 4.64. The highest BCUT2D eigenvalue weighted by Gasteiger charge is 2.24. The monoisotopic (exact) mass is 315 g/mol. The number of fused-ring (bicyclic) bond motifs is 5. The molecule has 0 saturated heterocycles. The average molecular weight is 315 g/mol. The lowest BCUT2D eigenvalue weighted by Crippen LogP contribution is -2.00. The molecule has 3 heterocycles. The van der Waals surface area contributed by atoms with E-state index in [-0.39, 0.29) is 0 Å². The van der Waals surface area contributed by atoms with Gasteiger partial charge < -0.3 is 0 Å². The summed E-state index contributed by atoms with van der Waals surface area (Å²) in [4.78, 5) is 15.3. The predicted molar refractivity (Wildman–Crippen MR) is 90.6 cm³/mol. The van der Waals surface area contributed by atoms with E-state index in [4.69, 9.17) is 9.97 Å². The van der Waals surface area contributed by atoms with E-state index < -0.39 is 0 Å². The third-order valence-electron chi connectivity index (χ3n) is 4.17. The third kappa shape index (κ3) is 1.98. The fourth-order valence-electron chi connectivity index (χ4n) is 3.27. The van der Waals surface area contributed by atoms with Gasteiger partial charge in [-0.25, -0.2) is 15.0 Å². The van der Waals surface area contributed by atoms with Gasteiger partial charge in [-0.05, 0) is 42.6 Å². The van der Waals surface area contributed by atoms with Gasteiger partial charge in [0, 0.05) is 17.3 Å². The zero-order valence-corrected chi connectivity index (χ0v) is 14.1. The van der Waals surface area contributed by atoms with Crippen molar-refractivity contribution in [1.29, 1.82) is 0 Å². The van der Waals surface area contributed by atoms with Crippen molar-refractivity contribution in [2.24, 2.45) is 0 Å². The Morgan fingerprint density at radius 1 is 1.19 bits per heavy atom. The summed E-state index contributed by atoms with van der Waals surface area (Å²) in [5.41, 5.74) is 5.39. The molecule has 0 unspecified atom stereocenters. The Bertz CT molecular complexity index is 852. The van der Waals surface area contributed by atoms with E-state index in [0.29, 0.717) is 5.92 Å². The molecule has 3 aromatic rings. The minimum Gasteiger partial charge on any atom is -0.241 e. The maximum Gasteiger partial charge on any atom is 0.187 e. The second kappa shape index (κ2) is 4.92. The largest absolute Gasteiger partial charge is 0.241 e. The van der Waals surface area contributed by atoms with Gasteiger partial charge >= 0.3 is 0 Å².